The molecule has 0 aliphatic rings. The van der Waals surface area contributed by atoms with Gasteiger partial charge in [-0.25, -0.2) is 4.79 Å². The van der Waals surface area contributed by atoms with Gasteiger partial charge in [-0.3, -0.25) is 4.79 Å². The molecule has 0 aliphatic carbocycles. The maximum atomic E-state index is 11.1. The Morgan fingerprint density at radius 1 is 1.54 bits per heavy atom. The zero-order chi connectivity index (χ0) is 10.0. The van der Waals surface area contributed by atoms with Crippen LogP contribution < -0.4 is 0 Å². The lowest BCUT2D eigenvalue weighted by atomic mass is 10.3. The molecule has 1 N–H and O–H groups in total. The summed E-state index contributed by atoms with van der Waals surface area (Å²) in [5, 5.41) is 0. The highest BCUT2D eigenvalue weighted by Crippen LogP contribution is 2.16. The molecule has 4 nitrogen and oxygen atoms in total. The number of esters is 1. The van der Waals surface area contributed by atoms with Crippen molar-refractivity contribution in [3.63, 3.8) is 0 Å². The number of hydrogen-bond donors (Lipinski definition) is 1. The number of ketones is 1. The number of H-pyrrole nitrogens is 1. The van der Waals surface area contributed by atoms with Crippen LogP contribution in [0.5, 0.6) is 0 Å². The Kier molecular flexibility index (Phi) is 2.94. The topological polar surface area (TPSA) is 59.2 Å². The van der Waals surface area contributed by atoms with Crippen molar-refractivity contribution in [2.45, 2.75) is 6.92 Å². The van der Waals surface area contributed by atoms with Crippen molar-refractivity contribution in [1.82, 2.24) is 4.98 Å². The van der Waals surface area contributed by atoms with Crippen LogP contribution in [-0.2, 0) is 4.74 Å². The third kappa shape index (κ3) is 2.02. The maximum Gasteiger partial charge on any atom is 0.356 e. The Morgan fingerprint density at radius 2 is 2.15 bits per heavy atom. The van der Waals surface area contributed by atoms with Crippen molar-refractivity contribution in [3.05, 3.63) is 14.5 Å². The van der Waals surface area contributed by atoms with Crippen molar-refractivity contribution in [2.24, 2.45) is 0 Å². The van der Waals surface area contributed by atoms with E-state index >= 15 is 0 Å². The summed E-state index contributed by atoms with van der Waals surface area (Å²) in [6.07, 6.45) is 0. The highest BCUT2D eigenvalue weighted by molar-refractivity contribution is 7.73. The average molecular weight is 217 g/mol. The lowest BCUT2D eigenvalue weighted by Gasteiger charge is -1.96. The van der Waals surface area contributed by atoms with Gasteiger partial charge in [0.2, 0.25) is 0 Å². The van der Waals surface area contributed by atoms with Gasteiger partial charge in [-0.15, -0.1) is 11.3 Å². The zero-order valence-electron chi connectivity index (χ0n) is 7.04. The van der Waals surface area contributed by atoms with Crippen LogP contribution >= 0.6 is 23.6 Å². The summed E-state index contributed by atoms with van der Waals surface area (Å²) >= 11 is 5.88. The summed E-state index contributed by atoms with van der Waals surface area (Å²) in [6.45, 7) is 1.38. The van der Waals surface area contributed by atoms with E-state index in [4.69, 9.17) is 12.2 Å². The molecule has 0 aliphatic heterocycles. The van der Waals surface area contributed by atoms with Crippen molar-refractivity contribution in [3.8, 4) is 0 Å². The second-order valence-corrected chi connectivity index (χ2v) is 3.95. The molecule has 0 radical (unpaired) electrons. The van der Waals surface area contributed by atoms with Crippen LogP contribution in [0.1, 0.15) is 27.1 Å². The van der Waals surface area contributed by atoms with Gasteiger partial charge in [0.05, 0.1) is 7.11 Å². The fraction of sp³-hybridized carbons (Fsp3) is 0.286. The molecule has 0 saturated carbocycles. The number of thiazole rings is 1. The molecule has 1 aromatic rings. The SMILES string of the molecule is COC(=O)c1[nH]c(=S)sc1C(C)=O. The van der Waals surface area contributed by atoms with Crippen LogP contribution in [0.15, 0.2) is 0 Å². The molecule has 6 heteroatoms. The summed E-state index contributed by atoms with van der Waals surface area (Å²) in [6, 6.07) is 0. The number of aromatic amines is 1. The Morgan fingerprint density at radius 3 is 2.62 bits per heavy atom. The number of nitrogens with one attached hydrogen (secondary N) is 1. The van der Waals surface area contributed by atoms with E-state index in [1.54, 1.807) is 0 Å². The van der Waals surface area contributed by atoms with E-state index in [0.717, 1.165) is 11.3 Å². The molecule has 0 amide bonds. The number of methoxy groups -OCH3 is 1. The number of carbonyl (C=O) groups is 2. The first-order valence-corrected chi connectivity index (χ1v) is 4.61. The third-order valence-electron chi connectivity index (χ3n) is 1.36. The molecular weight excluding hydrogens is 210 g/mol. The standard InChI is InChI=1S/C7H7NO3S2/c1-3(9)5-4(6(10)11-2)8-7(12)13-5/h1-2H3,(H,8,12). The lowest BCUT2D eigenvalue weighted by Crippen LogP contribution is -2.06. The van der Waals surface area contributed by atoms with Gasteiger partial charge in [0.15, 0.2) is 9.74 Å². The van der Waals surface area contributed by atoms with Crippen molar-refractivity contribution in [1.29, 1.82) is 0 Å². The quantitative estimate of drug-likeness (QED) is 0.466. The van der Waals surface area contributed by atoms with E-state index in [-0.39, 0.29) is 11.5 Å². The number of hydrogen-bond acceptors (Lipinski definition) is 5. The highest BCUT2D eigenvalue weighted by Gasteiger charge is 2.17. The maximum absolute atomic E-state index is 11.1. The van der Waals surface area contributed by atoms with Crippen molar-refractivity contribution in [2.75, 3.05) is 7.11 Å². The Labute approximate surface area is 83.5 Å². The molecular formula is C7H7NO3S2. The molecule has 0 spiro atoms. The molecule has 0 atom stereocenters. The fourth-order valence-corrected chi connectivity index (χ4v) is 1.89. The molecule has 0 bridgehead atoms. The van der Waals surface area contributed by atoms with Crippen LogP contribution in [0.3, 0.4) is 0 Å². The zero-order valence-corrected chi connectivity index (χ0v) is 8.67. The molecule has 0 aromatic carbocycles. The molecule has 1 heterocycles. The van der Waals surface area contributed by atoms with E-state index in [2.05, 4.69) is 9.72 Å². The smallest absolute Gasteiger partial charge is 0.356 e. The third-order valence-corrected chi connectivity index (χ3v) is 2.69. The first-order valence-electron chi connectivity index (χ1n) is 3.38. The summed E-state index contributed by atoms with van der Waals surface area (Å²) in [7, 11) is 1.25. The second-order valence-electron chi connectivity index (χ2n) is 2.27. The van der Waals surface area contributed by atoms with E-state index in [1.807, 2.05) is 0 Å². The number of rotatable bonds is 2. The summed E-state index contributed by atoms with van der Waals surface area (Å²) in [5.41, 5.74) is 0.144. The normalized spacial score (nSPS) is 9.69. The van der Waals surface area contributed by atoms with Gasteiger partial charge in [-0.1, -0.05) is 0 Å². The van der Waals surface area contributed by atoms with Crippen molar-refractivity contribution < 1.29 is 14.3 Å². The van der Waals surface area contributed by atoms with E-state index in [0.29, 0.717) is 8.83 Å². The predicted octanol–water partition coefficient (Wildman–Crippen LogP) is 1.79. The van der Waals surface area contributed by atoms with E-state index in [9.17, 15) is 9.59 Å². The fourth-order valence-electron chi connectivity index (χ4n) is 0.822. The number of carbonyl (C=O) groups excluding carboxylic acids is 2. The van der Waals surface area contributed by atoms with Crippen LogP contribution in [0.4, 0.5) is 0 Å². The minimum absolute atomic E-state index is 0.144. The minimum Gasteiger partial charge on any atom is -0.464 e. The second kappa shape index (κ2) is 3.80. The first-order chi connectivity index (χ1) is 6.06. The van der Waals surface area contributed by atoms with Gasteiger partial charge in [0, 0.05) is 6.92 Å². The molecule has 13 heavy (non-hydrogen) atoms. The Hall–Kier alpha value is -1.01. The van der Waals surface area contributed by atoms with E-state index < -0.39 is 5.97 Å². The number of ether oxygens (including phenoxy) is 1. The Bertz CT molecular complexity index is 404. The van der Waals surface area contributed by atoms with Crippen molar-refractivity contribution >= 4 is 35.3 Å². The van der Waals surface area contributed by atoms with Gasteiger partial charge in [-0.05, 0) is 12.2 Å². The monoisotopic (exact) mass is 217 g/mol. The highest BCUT2D eigenvalue weighted by atomic mass is 32.1. The molecule has 0 unspecified atom stereocenters. The predicted molar refractivity (Wildman–Crippen MR) is 50.8 cm³/mol. The van der Waals surface area contributed by atoms with E-state index in [1.165, 1.54) is 14.0 Å². The largest absolute Gasteiger partial charge is 0.464 e. The summed E-state index contributed by atoms with van der Waals surface area (Å²) < 4.78 is 4.87. The molecule has 70 valence electrons. The number of aromatic nitrogens is 1. The lowest BCUT2D eigenvalue weighted by molar-refractivity contribution is 0.0591. The summed E-state index contributed by atoms with van der Waals surface area (Å²) in [5.74, 6) is -0.768. The summed E-state index contributed by atoms with van der Waals surface area (Å²) in [4.78, 5) is 25.1. The number of Topliss-reactive ketones (excluding diaryl/α,β-unsaturated/α-hetero) is 1. The Balaban J connectivity index is 3.27. The van der Waals surface area contributed by atoms with Gasteiger partial charge in [-0.2, -0.15) is 0 Å². The average Bonchev–Trinajstić information content (AvgIpc) is 2.46. The molecule has 0 fully saturated rings. The molecule has 1 aromatic heterocycles. The van der Waals surface area contributed by atoms with Gasteiger partial charge < -0.3 is 9.72 Å². The molecule has 0 saturated heterocycles. The van der Waals surface area contributed by atoms with Crippen LogP contribution in [0, 0.1) is 3.95 Å². The first kappa shape index (κ1) is 10.1. The van der Waals surface area contributed by atoms with Crippen LogP contribution in [0.25, 0.3) is 0 Å². The molecule has 1 rings (SSSR count). The van der Waals surface area contributed by atoms with Gasteiger partial charge in [0.25, 0.3) is 0 Å². The minimum atomic E-state index is -0.572. The van der Waals surface area contributed by atoms with Gasteiger partial charge in [0.1, 0.15) is 10.6 Å². The van der Waals surface area contributed by atoms with Gasteiger partial charge >= 0.3 is 5.97 Å². The van der Waals surface area contributed by atoms with Crippen LogP contribution in [-0.4, -0.2) is 23.8 Å². The van der Waals surface area contributed by atoms with Crippen LogP contribution in [0.2, 0.25) is 0 Å².